The van der Waals surface area contributed by atoms with Crippen molar-refractivity contribution in [3.8, 4) is 0 Å². The van der Waals surface area contributed by atoms with Crippen molar-refractivity contribution in [2.75, 3.05) is 39.6 Å². The van der Waals surface area contributed by atoms with E-state index in [1.807, 2.05) is 0 Å². The molecule has 3 N–H and O–H groups in total. The van der Waals surface area contributed by atoms with Gasteiger partial charge in [-0.1, -0.05) is 272 Å². The number of phosphoric acid groups is 2. The van der Waals surface area contributed by atoms with Crippen molar-refractivity contribution in [2.24, 2.45) is 5.92 Å². The maximum Gasteiger partial charge on any atom is 0.472 e. The molecule has 492 valence electrons. The lowest BCUT2D eigenvalue weighted by Gasteiger charge is -2.21. The first-order chi connectivity index (χ1) is 40.1. The number of phosphoric ester groups is 2. The fourth-order valence-corrected chi connectivity index (χ4v) is 11.1. The highest BCUT2D eigenvalue weighted by Crippen LogP contribution is 2.45. The Kier molecular flexibility index (Phi) is 56.4. The molecule has 0 radical (unpaired) electrons. The first-order valence-corrected chi connectivity index (χ1v) is 36.7. The lowest BCUT2D eigenvalue weighted by atomic mass is 10.00. The number of rotatable bonds is 64. The highest BCUT2D eigenvalue weighted by atomic mass is 31.2. The molecule has 0 heterocycles. The summed E-state index contributed by atoms with van der Waals surface area (Å²) in [6.45, 7) is 7.13. The number of carbonyl (C=O) groups is 4. The molecule has 6 atom stereocenters. The van der Waals surface area contributed by atoms with Crippen LogP contribution in [-0.2, 0) is 65.4 Å². The van der Waals surface area contributed by atoms with Gasteiger partial charge in [0, 0.05) is 25.7 Å². The number of carbonyl (C=O) groups excluding carboxylic acids is 4. The molecular formula is C64H124O17P2. The normalized spacial score (nSPS) is 14.6. The van der Waals surface area contributed by atoms with Crippen LogP contribution >= 0.6 is 15.6 Å². The molecule has 0 aliphatic rings. The molecular weight excluding hydrogens is 1100 g/mol. The zero-order chi connectivity index (χ0) is 61.3. The Morgan fingerprint density at radius 3 is 0.855 bits per heavy atom. The van der Waals surface area contributed by atoms with Crippen LogP contribution in [0, 0.1) is 5.92 Å². The van der Waals surface area contributed by atoms with Crippen LogP contribution < -0.4 is 0 Å². The molecule has 0 saturated carbocycles. The van der Waals surface area contributed by atoms with E-state index in [-0.39, 0.29) is 25.7 Å². The third-order valence-corrected chi connectivity index (χ3v) is 17.0. The van der Waals surface area contributed by atoms with Gasteiger partial charge in [0.25, 0.3) is 0 Å². The van der Waals surface area contributed by atoms with Gasteiger partial charge in [0.2, 0.25) is 0 Å². The van der Waals surface area contributed by atoms with Crippen molar-refractivity contribution in [1.29, 1.82) is 0 Å². The molecule has 0 spiro atoms. The van der Waals surface area contributed by atoms with Crippen LogP contribution in [0.15, 0.2) is 0 Å². The number of unbranched alkanes of at least 4 members (excludes halogenated alkanes) is 35. The standard InChI is InChI=1S/C64H124O17P2/c1-6-10-13-16-19-22-24-25-27-30-33-39-44-49-63(68)80-59(53-75-62(67)48-43-38-32-29-26-23-20-17-14-11-7-2)55-78-82(70,71)76-51-58(65)52-77-83(72,73)79-56-60(54-74-61(66)47-42-37-31-28-21-18-15-12-8-3)81-64(69)50-45-40-35-34-36-41-46-57(5)9-4/h57-60,65H,6-56H2,1-5H3,(H,70,71)(H,72,73)/t57?,58-,59-,60-/m1/s1. The Hall–Kier alpha value is -1.94. The Bertz CT molecular complexity index is 1620. The van der Waals surface area contributed by atoms with E-state index in [1.165, 1.54) is 148 Å². The van der Waals surface area contributed by atoms with E-state index in [4.69, 9.17) is 37.0 Å². The van der Waals surface area contributed by atoms with Gasteiger partial charge in [0.15, 0.2) is 12.2 Å². The maximum absolute atomic E-state index is 13.0. The van der Waals surface area contributed by atoms with E-state index < -0.39 is 97.5 Å². The SMILES string of the molecule is CCCCCCCCCCCCCCCC(=O)O[C@H](COC(=O)CCCCCCCCCCCCC)COP(=O)(O)OC[C@@H](O)COP(=O)(O)OC[C@@H](COC(=O)CCCCCCCCCCC)OC(=O)CCCCCCCCC(C)CC. The molecule has 0 fully saturated rings. The van der Waals surface area contributed by atoms with Crippen LogP contribution in [0.2, 0.25) is 0 Å². The number of ether oxygens (including phenoxy) is 4. The minimum atomic E-state index is -4.94. The molecule has 83 heavy (non-hydrogen) atoms. The first kappa shape index (κ1) is 81.1. The molecule has 0 aromatic rings. The topological polar surface area (TPSA) is 237 Å². The molecule has 17 nitrogen and oxygen atoms in total. The summed E-state index contributed by atoms with van der Waals surface area (Å²) in [5.74, 6) is -1.41. The summed E-state index contributed by atoms with van der Waals surface area (Å²) < 4.78 is 68.0. The van der Waals surface area contributed by atoms with Gasteiger partial charge in [-0.2, -0.15) is 0 Å². The fourth-order valence-electron chi connectivity index (χ4n) is 9.55. The number of aliphatic hydroxyl groups excluding tert-OH is 1. The van der Waals surface area contributed by atoms with Gasteiger partial charge < -0.3 is 33.8 Å². The predicted octanol–water partition coefficient (Wildman–Crippen LogP) is 17.8. The fraction of sp³-hybridized carbons (Fsp3) is 0.938. The molecule has 0 saturated heterocycles. The third-order valence-electron chi connectivity index (χ3n) is 15.1. The maximum atomic E-state index is 13.0. The quantitative estimate of drug-likeness (QED) is 0.0222. The lowest BCUT2D eigenvalue weighted by Crippen LogP contribution is -2.30. The third kappa shape index (κ3) is 57.6. The Morgan fingerprint density at radius 1 is 0.337 bits per heavy atom. The Balaban J connectivity index is 5.24. The summed E-state index contributed by atoms with van der Waals surface area (Å²) in [6, 6.07) is 0. The summed E-state index contributed by atoms with van der Waals surface area (Å²) in [7, 11) is -9.88. The van der Waals surface area contributed by atoms with Gasteiger partial charge in [0.1, 0.15) is 19.3 Å². The molecule has 0 rings (SSSR count). The monoisotopic (exact) mass is 1230 g/mol. The van der Waals surface area contributed by atoms with Crippen LogP contribution in [0.4, 0.5) is 0 Å². The number of hydrogen-bond acceptors (Lipinski definition) is 15. The largest absolute Gasteiger partial charge is 0.472 e. The van der Waals surface area contributed by atoms with E-state index in [0.29, 0.717) is 25.7 Å². The van der Waals surface area contributed by atoms with Crippen LogP contribution in [0.25, 0.3) is 0 Å². The Labute approximate surface area is 505 Å². The van der Waals surface area contributed by atoms with Crippen molar-refractivity contribution in [3.05, 3.63) is 0 Å². The zero-order valence-electron chi connectivity index (χ0n) is 53.3. The minimum absolute atomic E-state index is 0.103. The average Bonchev–Trinajstić information content (AvgIpc) is 3.47. The van der Waals surface area contributed by atoms with Crippen molar-refractivity contribution in [2.45, 2.75) is 342 Å². The summed E-state index contributed by atoms with van der Waals surface area (Å²) in [5, 5.41) is 10.5. The van der Waals surface area contributed by atoms with E-state index in [1.54, 1.807) is 0 Å². The average molecular weight is 1230 g/mol. The molecule has 0 bridgehead atoms. The summed E-state index contributed by atoms with van der Waals surface area (Å²) in [4.78, 5) is 72.2. The lowest BCUT2D eigenvalue weighted by molar-refractivity contribution is -0.161. The van der Waals surface area contributed by atoms with Gasteiger partial charge in [-0.25, -0.2) is 9.13 Å². The van der Waals surface area contributed by atoms with Crippen LogP contribution in [-0.4, -0.2) is 96.7 Å². The molecule has 0 aromatic carbocycles. The molecule has 3 unspecified atom stereocenters. The summed E-state index contributed by atoms with van der Waals surface area (Å²) >= 11 is 0. The van der Waals surface area contributed by atoms with Gasteiger partial charge in [-0.05, 0) is 31.6 Å². The first-order valence-electron chi connectivity index (χ1n) is 33.7. The second kappa shape index (κ2) is 57.8. The second-order valence-corrected chi connectivity index (χ2v) is 26.3. The van der Waals surface area contributed by atoms with E-state index >= 15 is 0 Å². The minimum Gasteiger partial charge on any atom is -0.462 e. The highest BCUT2D eigenvalue weighted by molar-refractivity contribution is 7.47. The Morgan fingerprint density at radius 2 is 0.578 bits per heavy atom. The highest BCUT2D eigenvalue weighted by Gasteiger charge is 2.30. The second-order valence-electron chi connectivity index (χ2n) is 23.4. The predicted molar refractivity (Wildman–Crippen MR) is 331 cm³/mol. The van der Waals surface area contributed by atoms with Gasteiger partial charge in [0.05, 0.1) is 26.4 Å². The van der Waals surface area contributed by atoms with E-state index in [0.717, 1.165) is 95.8 Å². The van der Waals surface area contributed by atoms with E-state index in [9.17, 15) is 43.2 Å². The molecule has 0 aliphatic heterocycles. The smallest absolute Gasteiger partial charge is 0.462 e. The van der Waals surface area contributed by atoms with Gasteiger partial charge in [-0.3, -0.25) is 37.3 Å². The number of aliphatic hydroxyl groups is 1. The number of hydrogen-bond donors (Lipinski definition) is 3. The zero-order valence-corrected chi connectivity index (χ0v) is 55.1. The van der Waals surface area contributed by atoms with Crippen LogP contribution in [0.1, 0.15) is 324 Å². The number of esters is 4. The summed E-state index contributed by atoms with van der Waals surface area (Å²) in [6.07, 6.45) is 41.6. The van der Waals surface area contributed by atoms with Crippen molar-refractivity contribution in [3.63, 3.8) is 0 Å². The van der Waals surface area contributed by atoms with Crippen molar-refractivity contribution in [1.82, 2.24) is 0 Å². The molecule has 0 aliphatic carbocycles. The summed E-state index contributed by atoms with van der Waals surface area (Å²) in [5.41, 5.74) is 0. The van der Waals surface area contributed by atoms with Crippen LogP contribution in [0.3, 0.4) is 0 Å². The van der Waals surface area contributed by atoms with Crippen molar-refractivity contribution >= 4 is 39.5 Å². The van der Waals surface area contributed by atoms with Crippen LogP contribution in [0.5, 0.6) is 0 Å². The van der Waals surface area contributed by atoms with Gasteiger partial charge in [-0.15, -0.1) is 0 Å². The molecule has 0 amide bonds. The van der Waals surface area contributed by atoms with Crippen molar-refractivity contribution < 1.29 is 80.2 Å². The molecule has 0 aromatic heterocycles. The van der Waals surface area contributed by atoms with E-state index in [2.05, 4.69) is 34.6 Å². The molecule has 19 heteroatoms. The van der Waals surface area contributed by atoms with Gasteiger partial charge >= 0.3 is 39.5 Å².